The molecule has 0 aromatic heterocycles. The number of piperidine rings is 1. The number of nitrogens with zero attached hydrogens (tertiary/aromatic N) is 1. The zero-order chi connectivity index (χ0) is 16.0. The standard InChI is InChI=1S/C18H26N2O2/c1-17(2,3)22-16(21)20-10-8-18(9-11-20)12-15(19)13-6-4-5-7-14(13)18/h4-7,15H,8-12,19H2,1-3H3. The summed E-state index contributed by atoms with van der Waals surface area (Å²) in [5.41, 5.74) is 8.72. The van der Waals surface area contributed by atoms with Crippen LogP contribution in [0.4, 0.5) is 4.79 Å². The number of nitrogens with two attached hydrogens (primary N) is 1. The number of fused-ring (bicyclic) bond motifs is 2. The molecule has 0 saturated carbocycles. The van der Waals surface area contributed by atoms with Crippen LogP contribution in [-0.4, -0.2) is 29.7 Å². The quantitative estimate of drug-likeness (QED) is 0.799. The summed E-state index contributed by atoms with van der Waals surface area (Å²) in [7, 11) is 0. The number of carbonyl (C=O) groups excluding carboxylic acids is 1. The van der Waals surface area contributed by atoms with E-state index in [-0.39, 0.29) is 17.6 Å². The Morgan fingerprint density at radius 3 is 2.55 bits per heavy atom. The van der Waals surface area contributed by atoms with Gasteiger partial charge in [-0.3, -0.25) is 0 Å². The minimum absolute atomic E-state index is 0.129. The third kappa shape index (κ3) is 2.72. The molecule has 1 unspecified atom stereocenters. The molecule has 2 N–H and O–H groups in total. The van der Waals surface area contributed by atoms with Gasteiger partial charge in [0.25, 0.3) is 0 Å². The first kappa shape index (κ1) is 15.3. The zero-order valence-electron chi connectivity index (χ0n) is 13.8. The highest BCUT2D eigenvalue weighted by Gasteiger charge is 2.45. The Morgan fingerprint density at radius 1 is 1.27 bits per heavy atom. The first-order chi connectivity index (χ1) is 10.3. The van der Waals surface area contributed by atoms with Crippen molar-refractivity contribution in [2.24, 2.45) is 5.73 Å². The molecule has 1 aliphatic carbocycles. The van der Waals surface area contributed by atoms with E-state index in [0.29, 0.717) is 0 Å². The monoisotopic (exact) mass is 302 g/mol. The molecule has 22 heavy (non-hydrogen) atoms. The molecule has 120 valence electrons. The minimum Gasteiger partial charge on any atom is -0.444 e. The van der Waals surface area contributed by atoms with Crippen molar-refractivity contribution < 1.29 is 9.53 Å². The van der Waals surface area contributed by atoms with Crippen molar-refractivity contribution in [2.75, 3.05) is 13.1 Å². The SMILES string of the molecule is CC(C)(C)OC(=O)N1CCC2(CC1)CC(N)c1ccccc12. The number of hydrogen-bond donors (Lipinski definition) is 1. The topological polar surface area (TPSA) is 55.6 Å². The summed E-state index contributed by atoms with van der Waals surface area (Å²) in [5.74, 6) is 0. The molecule has 1 aromatic rings. The summed E-state index contributed by atoms with van der Waals surface area (Å²) >= 11 is 0. The van der Waals surface area contributed by atoms with E-state index in [9.17, 15) is 4.79 Å². The molecule has 1 spiro atoms. The van der Waals surface area contributed by atoms with Crippen LogP contribution in [0.2, 0.25) is 0 Å². The average molecular weight is 302 g/mol. The number of rotatable bonds is 0. The van der Waals surface area contributed by atoms with Crippen molar-refractivity contribution in [3.8, 4) is 0 Å². The number of amides is 1. The van der Waals surface area contributed by atoms with E-state index in [1.54, 1.807) is 0 Å². The summed E-state index contributed by atoms with van der Waals surface area (Å²) < 4.78 is 5.48. The summed E-state index contributed by atoms with van der Waals surface area (Å²) in [6.45, 7) is 7.21. The lowest BCUT2D eigenvalue weighted by Gasteiger charge is -2.40. The molecule has 1 atom stereocenters. The molecular formula is C18H26N2O2. The normalized spacial score (nSPS) is 23.5. The lowest BCUT2D eigenvalue weighted by Crippen LogP contribution is -2.46. The molecule has 4 heteroatoms. The number of likely N-dealkylation sites (tertiary alicyclic amines) is 1. The Bertz CT molecular complexity index is 569. The van der Waals surface area contributed by atoms with Crippen LogP contribution in [0.1, 0.15) is 57.2 Å². The molecule has 4 nitrogen and oxygen atoms in total. The molecule has 1 aromatic carbocycles. The van der Waals surface area contributed by atoms with E-state index < -0.39 is 5.60 Å². The maximum absolute atomic E-state index is 12.2. The number of ether oxygens (including phenoxy) is 1. The van der Waals surface area contributed by atoms with Gasteiger partial charge in [0, 0.05) is 24.5 Å². The van der Waals surface area contributed by atoms with Crippen LogP contribution in [0.15, 0.2) is 24.3 Å². The summed E-state index contributed by atoms with van der Waals surface area (Å²) in [5, 5.41) is 0. The summed E-state index contributed by atoms with van der Waals surface area (Å²) in [4.78, 5) is 14.0. The van der Waals surface area contributed by atoms with E-state index in [1.807, 2.05) is 25.7 Å². The van der Waals surface area contributed by atoms with Crippen LogP contribution in [0.3, 0.4) is 0 Å². The lowest BCUT2D eigenvalue weighted by atomic mass is 9.74. The van der Waals surface area contributed by atoms with Gasteiger partial charge in [0.1, 0.15) is 5.60 Å². The number of carbonyl (C=O) groups is 1. The Morgan fingerprint density at radius 2 is 1.91 bits per heavy atom. The summed E-state index contributed by atoms with van der Waals surface area (Å²) in [6, 6.07) is 8.65. The predicted molar refractivity (Wildman–Crippen MR) is 86.7 cm³/mol. The van der Waals surface area contributed by atoms with Gasteiger partial charge in [-0.15, -0.1) is 0 Å². The van der Waals surface area contributed by atoms with E-state index in [4.69, 9.17) is 10.5 Å². The number of hydrogen-bond acceptors (Lipinski definition) is 3. The molecular weight excluding hydrogens is 276 g/mol. The van der Waals surface area contributed by atoms with Gasteiger partial charge in [0.2, 0.25) is 0 Å². The molecule has 1 amide bonds. The molecule has 2 aliphatic rings. The highest BCUT2D eigenvalue weighted by atomic mass is 16.6. The molecule has 1 fully saturated rings. The molecule has 3 rings (SSSR count). The van der Waals surface area contributed by atoms with Gasteiger partial charge in [0.05, 0.1) is 0 Å². The maximum Gasteiger partial charge on any atom is 0.410 e. The van der Waals surface area contributed by atoms with Crippen molar-refractivity contribution in [3.05, 3.63) is 35.4 Å². The molecule has 1 aliphatic heterocycles. The van der Waals surface area contributed by atoms with Crippen LogP contribution >= 0.6 is 0 Å². The fourth-order valence-corrected chi connectivity index (χ4v) is 3.86. The Hall–Kier alpha value is -1.55. The average Bonchev–Trinajstić information content (AvgIpc) is 2.71. The van der Waals surface area contributed by atoms with E-state index in [2.05, 4.69) is 24.3 Å². The molecule has 1 saturated heterocycles. The van der Waals surface area contributed by atoms with Crippen molar-refractivity contribution in [1.29, 1.82) is 0 Å². The zero-order valence-corrected chi connectivity index (χ0v) is 13.8. The second kappa shape index (κ2) is 5.27. The fraction of sp³-hybridized carbons (Fsp3) is 0.611. The van der Waals surface area contributed by atoms with Crippen LogP contribution in [-0.2, 0) is 10.2 Å². The third-order valence-electron chi connectivity index (χ3n) is 4.91. The van der Waals surface area contributed by atoms with Gasteiger partial charge >= 0.3 is 6.09 Å². The molecule has 0 radical (unpaired) electrons. The Kier molecular flexibility index (Phi) is 3.68. The summed E-state index contributed by atoms with van der Waals surface area (Å²) in [6.07, 6.45) is 2.74. The Labute approximate surface area is 132 Å². The van der Waals surface area contributed by atoms with Crippen molar-refractivity contribution in [2.45, 2.75) is 57.1 Å². The van der Waals surface area contributed by atoms with Gasteiger partial charge in [-0.2, -0.15) is 0 Å². The van der Waals surface area contributed by atoms with Crippen LogP contribution in [0.5, 0.6) is 0 Å². The van der Waals surface area contributed by atoms with Gasteiger partial charge in [0.15, 0.2) is 0 Å². The van der Waals surface area contributed by atoms with Crippen molar-refractivity contribution >= 4 is 6.09 Å². The highest BCUT2D eigenvalue weighted by Crippen LogP contribution is 2.49. The van der Waals surface area contributed by atoms with E-state index >= 15 is 0 Å². The van der Waals surface area contributed by atoms with Gasteiger partial charge in [-0.05, 0) is 51.2 Å². The largest absolute Gasteiger partial charge is 0.444 e. The highest BCUT2D eigenvalue weighted by molar-refractivity contribution is 5.68. The fourth-order valence-electron chi connectivity index (χ4n) is 3.86. The minimum atomic E-state index is -0.436. The third-order valence-corrected chi connectivity index (χ3v) is 4.91. The Balaban J connectivity index is 1.71. The molecule has 0 bridgehead atoms. The smallest absolute Gasteiger partial charge is 0.410 e. The first-order valence-corrected chi connectivity index (χ1v) is 8.14. The van der Waals surface area contributed by atoms with Crippen molar-refractivity contribution in [3.63, 3.8) is 0 Å². The predicted octanol–water partition coefficient (Wildman–Crippen LogP) is 3.36. The van der Waals surface area contributed by atoms with Gasteiger partial charge in [-0.1, -0.05) is 24.3 Å². The first-order valence-electron chi connectivity index (χ1n) is 8.14. The maximum atomic E-state index is 12.2. The second-order valence-electron chi connectivity index (χ2n) is 7.65. The van der Waals surface area contributed by atoms with Gasteiger partial charge < -0.3 is 15.4 Å². The van der Waals surface area contributed by atoms with Crippen LogP contribution < -0.4 is 5.73 Å². The van der Waals surface area contributed by atoms with Crippen LogP contribution in [0.25, 0.3) is 0 Å². The molecule has 1 heterocycles. The lowest BCUT2D eigenvalue weighted by molar-refractivity contribution is 0.0162. The van der Waals surface area contributed by atoms with Crippen molar-refractivity contribution in [1.82, 2.24) is 4.90 Å². The van der Waals surface area contributed by atoms with Crippen LogP contribution in [0, 0.1) is 0 Å². The van der Waals surface area contributed by atoms with Gasteiger partial charge in [-0.25, -0.2) is 4.79 Å². The second-order valence-corrected chi connectivity index (χ2v) is 7.65. The van der Waals surface area contributed by atoms with E-state index in [0.717, 1.165) is 32.4 Å². The van der Waals surface area contributed by atoms with E-state index in [1.165, 1.54) is 11.1 Å². The number of benzene rings is 1.